The fourth-order valence-electron chi connectivity index (χ4n) is 2.94. The number of ether oxygens (including phenoxy) is 2. The Kier molecular flexibility index (Phi) is 5.81. The molecule has 0 aliphatic heterocycles. The topological polar surface area (TPSA) is 91.2 Å². The predicted molar refractivity (Wildman–Crippen MR) is 90.3 cm³/mol. The molecule has 3 rings (SSSR count). The molecule has 134 valence electrons. The molecule has 1 aliphatic rings. The van der Waals surface area contributed by atoms with Gasteiger partial charge in [-0.15, -0.1) is 5.10 Å². The molecule has 1 amide bonds. The maximum absolute atomic E-state index is 12.0. The first-order valence-corrected chi connectivity index (χ1v) is 8.65. The molecule has 0 bridgehead atoms. The Morgan fingerprint density at radius 1 is 1.20 bits per heavy atom. The Labute approximate surface area is 146 Å². The maximum atomic E-state index is 12.0. The van der Waals surface area contributed by atoms with E-state index in [-0.39, 0.29) is 12.5 Å². The third kappa shape index (κ3) is 4.68. The van der Waals surface area contributed by atoms with E-state index in [4.69, 9.17) is 9.47 Å². The second-order valence-electron chi connectivity index (χ2n) is 5.95. The molecule has 1 saturated carbocycles. The Morgan fingerprint density at radius 2 is 1.88 bits per heavy atom. The van der Waals surface area contributed by atoms with Crippen molar-refractivity contribution < 1.29 is 14.3 Å². The quantitative estimate of drug-likeness (QED) is 0.785. The molecule has 1 heterocycles. The molecule has 8 nitrogen and oxygen atoms in total. The normalized spacial score (nSPS) is 14.4. The summed E-state index contributed by atoms with van der Waals surface area (Å²) in [6, 6.07) is 7.53. The fraction of sp³-hybridized carbons (Fsp3) is 0.529. The molecule has 0 unspecified atom stereocenters. The lowest BCUT2D eigenvalue weighted by atomic mass is 10.2. The van der Waals surface area contributed by atoms with E-state index in [1.807, 2.05) is 23.7 Å². The van der Waals surface area contributed by atoms with E-state index in [1.54, 1.807) is 12.1 Å². The minimum atomic E-state index is -0.213. The van der Waals surface area contributed by atoms with Crippen molar-refractivity contribution in [3.8, 4) is 11.5 Å². The number of carbonyl (C=O) groups excluding carboxylic acids is 1. The molecule has 0 radical (unpaired) electrons. The minimum Gasteiger partial charge on any atom is -0.494 e. The van der Waals surface area contributed by atoms with Crippen molar-refractivity contribution >= 4 is 5.91 Å². The highest BCUT2D eigenvalue weighted by Crippen LogP contribution is 2.28. The highest BCUT2D eigenvalue weighted by molar-refractivity contribution is 5.77. The predicted octanol–water partition coefficient (Wildman–Crippen LogP) is 1.88. The summed E-state index contributed by atoms with van der Waals surface area (Å²) in [6.07, 6.45) is 4.58. The van der Waals surface area contributed by atoms with Gasteiger partial charge in [0.2, 0.25) is 0 Å². The van der Waals surface area contributed by atoms with Gasteiger partial charge in [-0.05, 0) is 54.5 Å². The molecule has 0 spiro atoms. The Balaban J connectivity index is 1.44. The summed E-state index contributed by atoms with van der Waals surface area (Å²) < 4.78 is 12.7. The zero-order valence-electron chi connectivity index (χ0n) is 14.4. The number of hydrogen-bond donors (Lipinski definition) is 1. The van der Waals surface area contributed by atoms with Crippen LogP contribution in [0, 0.1) is 0 Å². The van der Waals surface area contributed by atoms with Crippen LogP contribution in [0.3, 0.4) is 0 Å². The minimum absolute atomic E-state index is 0.0566. The van der Waals surface area contributed by atoms with Gasteiger partial charge >= 0.3 is 0 Å². The number of carbonyl (C=O) groups is 1. The van der Waals surface area contributed by atoms with Crippen molar-refractivity contribution in [2.75, 3.05) is 13.2 Å². The summed E-state index contributed by atoms with van der Waals surface area (Å²) in [5.74, 6) is 1.86. The van der Waals surface area contributed by atoms with E-state index in [2.05, 4.69) is 20.8 Å². The van der Waals surface area contributed by atoms with Gasteiger partial charge in [0.25, 0.3) is 5.91 Å². The Bertz CT molecular complexity index is 680. The highest BCUT2D eigenvalue weighted by atomic mass is 16.5. The van der Waals surface area contributed by atoms with Gasteiger partial charge < -0.3 is 14.8 Å². The van der Waals surface area contributed by atoms with E-state index < -0.39 is 0 Å². The number of benzene rings is 1. The van der Waals surface area contributed by atoms with E-state index in [9.17, 15) is 4.79 Å². The zero-order chi connectivity index (χ0) is 17.5. The summed E-state index contributed by atoms with van der Waals surface area (Å²) in [5.41, 5.74) is 0. The first-order valence-electron chi connectivity index (χ1n) is 8.65. The summed E-state index contributed by atoms with van der Waals surface area (Å²) in [6.45, 7) is 2.79. The van der Waals surface area contributed by atoms with Gasteiger partial charge in [-0.25, -0.2) is 4.68 Å². The van der Waals surface area contributed by atoms with Crippen molar-refractivity contribution in [3.63, 3.8) is 0 Å². The van der Waals surface area contributed by atoms with Gasteiger partial charge in [-0.3, -0.25) is 4.79 Å². The van der Waals surface area contributed by atoms with Crippen LogP contribution in [0.4, 0.5) is 0 Å². The van der Waals surface area contributed by atoms with Gasteiger partial charge in [-0.1, -0.05) is 12.8 Å². The number of nitrogens with zero attached hydrogens (tertiary/aromatic N) is 4. The van der Waals surface area contributed by atoms with Crippen LogP contribution >= 0.6 is 0 Å². The van der Waals surface area contributed by atoms with Gasteiger partial charge in [0.1, 0.15) is 11.5 Å². The molecule has 1 aromatic carbocycles. The first kappa shape index (κ1) is 17.2. The number of amides is 1. The lowest BCUT2D eigenvalue weighted by molar-refractivity contribution is -0.123. The van der Waals surface area contributed by atoms with Crippen LogP contribution in [0.25, 0.3) is 0 Å². The zero-order valence-corrected chi connectivity index (χ0v) is 14.4. The SMILES string of the molecule is CCOc1ccc(OCC(=O)NCc2nnnn2C2CCCC2)cc1. The lowest BCUT2D eigenvalue weighted by Crippen LogP contribution is -2.30. The van der Waals surface area contributed by atoms with E-state index in [1.165, 1.54) is 12.8 Å². The van der Waals surface area contributed by atoms with Crippen molar-refractivity contribution in [1.82, 2.24) is 25.5 Å². The van der Waals surface area contributed by atoms with Crippen LogP contribution in [0.15, 0.2) is 24.3 Å². The summed E-state index contributed by atoms with van der Waals surface area (Å²) >= 11 is 0. The van der Waals surface area contributed by atoms with Crippen LogP contribution < -0.4 is 14.8 Å². The molecule has 25 heavy (non-hydrogen) atoms. The third-order valence-electron chi connectivity index (χ3n) is 4.18. The van der Waals surface area contributed by atoms with Gasteiger partial charge in [0, 0.05) is 0 Å². The number of hydrogen-bond acceptors (Lipinski definition) is 6. The van der Waals surface area contributed by atoms with E-state index in [0.29, 0.717) is 30.8 Å². The monoisotopic (exact) mass is 345 g/mol. The number of nitrogens with one attached hydrogen (secondary N) is 1. The third-order valence-corrected chi connectivity index (χ3v) is 4.18. The molecule has 1 fully saturated rings. The molecule has 1 aromatic heterocycles. The second-order valence-corrected chi connectivity index (χ2v) is 5.95. The Hall–Kier alpha value is -2.64. The second kappa shape index (κ2) is 8.46. The lowest BCUT2D eigenvalue weighted by Gasteiger charge is -2.12. The fourth-order valence-corrected chi connectivity index (χ4v) is 2.94. The standard InChI is InChI=1S/C17H23N5O3/c1-2-24-14-7-9-15(10-8-14)25-12-17(23)18-11-16-19-20-21-22(16)13-5-3-4-6-13/h7-10,13H,2-6,11-12H2,1H3,(H,18,23). The van der Waals surface area contributed by atoms with E-state index >= 15 is 0 Å². The molecular formula is C17H23N5O3. The van der Waals surface area contributed by atoms with Crippen molar-refractivity contribution in [2.24, 2.45) is 0 Å². The first-order chi connectivity index (χ1) is 12.3. The largest absolute Gasteiger partial charge is 0.494 e. The Morgan fingerprint density at radius 3 is 2.56 bits per heavy atom. The van der Waals surface area contributed by atoms with Gasteiger partial charge in [-0.2, -0.15) is 0 Å². The summed E-state index contributed by atoms with van der Waals surface area (Å²) in [5, 5.41) is 14.6. The van der Waals surface area contributed by atoms with Gasteiger partial charge in [0.05, 0.1) is 19.2 Å². The molecule has 0 atom stereocenters. The maximum Gasteiger partial charge on any atom is 0.258 e. The van der Waals surface area contributed by atoms with Crippen LogP contribution in [-0.4, -0.2) is 39.3 Å². The number of tetrazole rings is 1. The molecular weight excluding hydrogens is 322 g/mol. The average molecular weight is 345 g/mol. The average Bonchev–Trinajstić information content (AvgIpc) is 3.30. The summed E-state index contributed by atoms with van der Waals surface area (Å²) in [4.78, 5) is 12.0. The highest BCUT2D eigenvalue weighted by Gasteiger charge is 2.21. The van der Waals surface area contributed by atoms with Crippen molar-refractivity contribution in [3.05, 3.63) is 30.1 Å². The van der Waals surface area contributed by atoms with Crippen molar-refractivity contribution in [2.45, 2.75) is 45.2 Å². The van der Waals surface area contributed by atoms with E-state index in [0.717, 1.165) is 18.6 Å². The van der Waals surface area contributed by atoms with Crippen molar-refractivity contribution in [1.29, 1.82) is 0 Å². The van der Waals surface area contributed by atoms with Crippen LogP contribution in [0.2, 0.25) is 0 Å². The molecule has 2 aromatic rings. The van der Waals surface area contributed by atoms with Crippen LogP contribution in [0.1, 0.15) is 44.5 Å². The molecule has 1 N–H and O–H groups in total. The number of rotatable bonds is 8. The summed E-state index contributed by atoms with van der Waals surface area (Å²) in [7, 11) is 0. The molecule has 8 heteroatoms. The van der Waals surface area contributed by atoms with Crippen LogP contribution in [0.5, 0.6) is 11.5 Å². The molecule has 1 aliphatic carbocycles. The van der Waals surface area contributed by atoms with Crippen LogP contribution in [-0.2, 0) is 11.3 Å². The number of aromatic nitrogens is 4. The van der Waals surface area contributed by atoms with Gasteiger partial charge in [0.15, 0.2) is 12.4 Å². The smallest absolute Gasteiger partial charge is 0.258 e. The molecule has 0 saturated heterocycles.